The zero-order chi connectivity index (χ0) is 19.6. The average Bonchev–Trinajstić information content (AvgIpc) is 3.24. The largest absolute Gasteiger partial charge is 0.481 e. The number of aliphatic carboxylic acids is 1. The van der Waals surface area contributed by atoms with Gasteiger partial charge in [-0.2, -0.15) is 13.2 Å². The molecule has 1 saturated heterocycles. The number of aryl methyl sites for hydroxylation is 1. The van der Waals surface area contributed by atoms with Crippen LogP contribution < -0.4 is 0 Å². The number of benzene rings is 1. The lowest BCUT2D eigenvalue weighted by Gasteiger charge is -2.23. The minimum atomic E-state index is -4.45. The van der Waals surface area contributed by atoms with E-state index < -0.39 is 23.1 Å². The summed E-state index contributed by atoms with van der Waals surface area (Å²) < 4.78 is 40.4. The molecule has 2 heterocycles. The number of likely N-dealkylation sites (tertiary alicyclic amines) is 1. The van der Waals surface area contributed by atoms with Gasteiger partial charge in [-0.3, -0.25) is 9.59 Å². The van der Waals surface area contributed by atoms with Gasteiger partial charge in [0.2, 0.25) is 0 Å². The molecule has 2 atom stereocenters. The van der Waals surface area contributed by atoms with Crippen molar-refractivity contribution in [3.05, 3.63) is 35.5 Å². The Bertz CT molecular complexity index is 950. The first-order chi connectivity index (χ1) is 12.6. The van der Waals surface area contributed by atoms with Gasteiger partial charge in [-0.15, -0.1) is 0 Å². The monoisotopic (exact) mass is 380 g/mol. The number of halogens is 3. The number of fused-ring (bicyclic) bond motifs is 2. The van der Waals surface area contributed by atoms with Crippen molar-refractivity contribution in [2.24, 2.45) is 18.4 Å². The Balaban J connectivity index is 1.68. The maximum atomic E-state index is 13.0. The van der Waals surface area contributed by atoms with Crippen molar-refractivity contribution in [2.45, 2.75) is 25.4 Å². The summed E-state index contributed by atoms with van der Waals surface area (Å²) in [4.78, 5) is 26.3. The predicted octanol–water partition coefficient (Wildman–Crippen LogP) is 3.52. The number of carbonyl (C=O) groups excluding carboxylic acids is 1. The quantitative estimate of drug-likeness (QED) is 0.867. The van der Waals surface area contributed by atoms with E-state index in [-0.39, 0.29) is 24.1 Å². The number of carbonyl (C=O) groups is 2. The summed E-state index contributed by atoms with van der Waals surface area (Å²) >= 11 is 0. The third-order valence-corrected chi connectivity index (χ3v) is 6.17. The molecule has 1 amide bonds. The number of aromatic nitrogens is 1. The molecule has 1 N–H and O–H groups in total. The Hall–Kier alpha value is -2.51. The first-order valence-electron chi connectivity index (χ1n) is 8.83. The van der Waals surface area contributed by atoms with Gasteiger partial charge >= 0.3 is 12.1 Å². The summed E-state index contributed by atoms with van der Waals surface area (Å²) in [6, 6.07) is 4.83. The predicted molar refractivity (Wildman–Crippen MR) is 91.2 cm³/mol. The topological polar surface area (TPSA) is 62.5 Å². The van der Waals surface area contributed by atoms with Crippen LogP contribution in [0.25, 0.3) is 10.9 Å². The summed E-state index contributed by atoms with van der Waals surface area (Å²) in [6.07, 6.45) is -2.28. The minimum absolute atomic E-state index is 0.0644. The first kappa shape index (κ1) is 17.9. The van der Waals surface area contributed by atoms with E-state index in [2.05, 4.69) is 0 Å². The number of nitrogens with zero attached hydrogens (tertiary/aromatic N) is 2. The highest BCUT2D eigenvalue weighted by Gasteiger charge is 2.56. The molecule has 0 spiro atoms. The van der Waals surface area contributed by atoms with E-state index in [0.717, 1.165) is 25.0 Å². The van der Waals surface area contributed by atoms with Crippen LogP contribution in [-0.4, -0.2) is 39.5 Å². The summed E-state index contributed by atoms with van der Waals surface area (Å²) in [6.45, 7) is 0.529. The van der Waals surface area contributed by atoms with E-state index in [1.165, 1.54) is 17.0 Å². The van der Waals surface area contributed by atoms with Gasteiger partial charge in [0.15, 0.2) is 0 Å². The number of carboxylic acid groups (broad SMARTS) is 1. The van der Waals surface area contributed by atoms with Crippen molar-refractivity contribution in [2.75, 3.05) is 13.1 Å². The van der Waals surface area contributed by atoms with Crippen LogP contribution in [0.4, 0.5) is 13.2 Å². The molecule has 8 heteroatoms. The number of hydrogen-bond acceptors (Lipinski definition) is 2. The zero-order valence-corrected chi connectivity index (χ0v) is 14.7. The Kier molecular flexibility index (Phi) is 3.80. The lowest BCUT2D eigenvalue weighted by molar-refractivity contribution is -0.149. The van der Waals surface area contributed by atoms with Crippen LogP contribution in [0.15, 0.2) is 24.3 Å². The molecule has 1 aliphatic carbocycles. The van der Waals surface area contributed by atoms with Gasteiger partial charge in [0.25, 0.3) is 5.91 Å². The van der Waals surface area contributed by atoms with Gasteiger partial charge in [0.05, 0.1) is 11.0 Å². The Morgan fingerprint density at radius 2 is 2.00 bits per heavy atom. The summed E-state index contributed by atoms with van der Waals surface area (Å²) in [5, 5.41) is 10.0. The third-order valence-electron chi connectivity index (χ3n) is 6.17. The molecule has 1 aliphatic heterocycles. The van der Waals surface area contributed by atoms with Crippen molar-refractivity contribution in [1.82, 2.24) is 9.47 Å². The zero-order valence-electron chi connectivity index (χ0n) is 14.7. The van der Waals surface area contributed by atoms with Crippen molar-refractivity contribution < 1.29 is 27.9 Å². The van der Waals surface area contributed by atoms with E-state index >= 15 is 0 Å². The number of hydrogen-bond donors (Lipinski definition) is 1. The highest BCUT2D eigenvalue weighted by atomic mass is 19.4. The Morgan fingerprint density at radius 1 is 1.26 bits per heavy atom. The van der Waals surface area contributed by atoms with Crippen molar-refractivity contribution >= 4 is 22.8 Å². The molecule has 1 aromatic carbocycles. The number of amides is 1. The standard InChI is InChI=1S/C19H19F3N2O3/c1-23-14-5-4-12(19(20,21)22)7-11(14)8-15(23)16(25)24-9-13-3-2-6-18(13,10-24)17(26)27/h4-5,7-8,13H,2-3,6,9-10H2,1H3,(H,26,27)/t13-,18+/m0/s1. The minimum Gasteiger partial charge on any atom is -0.481 e. The normalized spacial score (nSPS) is 25.2. The second-order valence-electron chi connectivity index (χ2n) is 7.60. The third kappa shape index (κ3) is 2.61. The fourth-order valence-corrected chi connectivity index (χ4v) is 4.69. The van der Waals surface area contributed by atoms with Gasteiger partial charge in [-0.25, -0.2) is 0 Å². The SMILES string of the molecule is Cn1c(C(=O)N2C[C@@H]3CCC[C@@]3(C(=O)O)C2)cc2cc(C(F)(F)F)ccc21. The van der Waals surface area contributed by atoms with Gasteiger partial charge in [-0.05, 0) is 43.0 Å². The van der Waals surface area contributed by atoms with E-state index in [1.54, 1.807) is 11.6 Å². The molecule has 2 fully saturated rings. The van der Waals surface area contributed by atoms with Crippen LogP contribution in [0.1, 0.15) is 35.3 Å². The molecule has 27 heavy (non-hydrogen) atoms. The lowest BCUT2D eigenvalue weighted by atomic mass is 9.81. The maximum absolute atomic E-state index is 13.0. The molecule has 5 nitrogen and oxygen atoms in total. The van der Waals surface area contributed by atoms with E-state index in [0.29, 0.717) is 23.9 Å². The Labute approximate surface area is 153 Å². The molecule has 2 aromatic rings. The molecule has 1 aromatic heterocycles. The van der Waals surface area contributed by atoms with Gasteiger partial charge < -0.3 is 14.6 Å². The van der Waals surface area contributed by atoms with Crippen molar-refractivity contribution in [3.63, 3.8) is 0 Å². The van der Waals surface area contributed by atoms with E-state index in [4.69, 9.17) is 0 Å². The average molecular weight is 380 g/mol. The number of rotatable bonds is 2. The van der Waals surface area contributed by atoms with Crippen LogP contribution in [0.2, 0.25) is 0 Å². The van der Waals surface area contributed by atoms with Crippen molar-refractivity contribution in [3.8, 4) is 0 Å². The highest BCUT2D eigenvalue weighted by molar-refractivity contribution is 5.99. The lowest BCUT2D eigenvalue weighted by Crippen LogP contribution is -2.37. The molecule has 2 aliphatic rings. The molecule has 0 bridgehead atoms. The second-order valence-corrected chi connectivity index (χ2v) is 7.60. The van der Waals surface area contributed by atoms with Crippen LogP contribution in [0.3, 0.4) is 0 Å². The fraction of sp³-hybridized carbons (Fsp3) is 0.474. The van der Waals surface area contributed by atoms with Gasteiger partial charge in [0.1, 0.15) is 5.69 Å². The van der Waals surface area contributed by atoms with Gasteiger partial charge in [0, 0.05) is 31.0 Å². The number of carboxylic acids is 1. The van der Waals surface area contributed by atoms with Crippen LogP contribution >= 0.6 is 0 Å². The summed E-state index contributed by atoms with van der Waals surface area (Å²) in [5.41, 5.74) is -0.854. The van der Waals surface area contributed by atoms with Crippen LogP contribution in [-0.2, 0) is 18.0 Å². The molecule has 0 unspecified atom stereocenters. The second kappa shape index (κ2) is 5.74. The molecule has 0 radical (unpaired) electrons. The molecular weight excluding hydrogens is 361 g/mol. The summed E-state index contributed by atoms with van der Waals surface area (Å²) in [7, 11) is 1.63. The van der Waals surface area contributed by atoms with E-state index in [1.807, 2.05) is 0 Å². The summed E-state index contributed by atoms with van der Waals surface area (Å²) in [5.74, 6) is -1.27. The molecular formula is C19H19F3N2O3. The Morgan fingerprint density at radius 3 is 2.63 bits per heavy atom. The number of alkyl halides is 3. The highest BCUT2D eigenvalue weighted by Crippen LogP contribution is 2.49. The fourth-order valence-electron chi connectivity index (χ4n) is 4.69. The first-order valence-corrected chi connectivity index (χ1v) is 8.83. The van der Waals surface area contributed by atoms with Crippen LogP contribution in [0, 0.1) is 11.3 Å². The molecule has 4 rings (SSSR count). The molecule has 1 saturated carbocycles. The van der Waals surface area contributed by atoms with Gasteiger partial charge in [-0.1, -0.05) is 6.42 Å². The molecule has 144 valence electrons. The van der Waals surface area contributed by atoms with E-state index in [9.17, 15) is 27.9 Å². The van der Waals surface area contributed by atoms with Crippen molar-refractivity contribution in [1.29, 1.82) is 0 Å². The smallest absolute Gasteiger partial charge is 0.416 e. The van der Waals surface area contributed by atoms with Crippen LogP contribution in [0.5, 0.6) is 0 Å². The maximum Gasteiger partial charge on any atom is 0.416 e.